The summed E-state index contributed by atoms with van der Waals surface area (Å²) in [7, 11) is 0. The van der Waals surface area contributed by atoms with E-state index >= 15 is 0 Å². The van der Waals surface area contributed by atoms with Gasteiger partial charge >= 0.3 is 0 Å². The second-order valence-corrected chi connectivity index (χ2v) is 6.04. The number of amides is 1. The summed E-state index contributed by atoms with van der Waals surface area (Å²) in [5.74, 6) is 0.0421. The van der Waals surface area contributed by atoms with Gasteiger partial charge in [-0.2, -0.15) is 0 Å². The average molecular weight is 299 g/mol. The van der Waals surface area contributed by atoms with Crippen molar-refractivity contribution in [2.75, 3.05) is 18.4 Å². The van der Waals surface area contributed by atoms with Crippen LogP contribution < -0.4 is 5.32 Å². The van der Waals surface area contributed by atoms with Crippen LogP contribution in [0.25, 0.3) is 0 Å². The molecule has 106 valence electrons. The van der Waals surface area contributed by atoms with Crippen molar-refractivity contribution in [1.29, 1.82) is 0 Å². The number of fused-ring (bicyclic) bond motifs is 5. The minimum absolute atomic E-state index is 0.0421. The summed E-state index contributed by atoms with van der Waals surface area (Å²) in [5, 5.41) is 3.70. The lowest BCUT2D eigenvalue weighted by molar-refractivity contribution is -0.117. The van der Waals surface area contributed by atoms with Gasteiger partial charge in [-0.25, -0.2) is 0 Å². The smallest absolute Gasteiger partial charge is 0.238 e. The SMILES string of the molecule is O=C1CN2CCc3ccccc3C2c2cc(Cl)ccc2N1. The molecule has 21 heavy (non-hydrogen) atoms. The predicted molar refractivity (Wildman–Crippen MR) is 83.6 cm³/mol. The van der Waals surface area contributed by atoms with Gasteiger partial charge in [-0.05, 0) is 41.3 Å². The van der Waals surface area contributed by atoms with Crippen LogP contribution in [0.5, 0.6) is 0 Å². The van der Waals surface area contributed by atoms with E-state index in [1.54, 1.807) is 0 Å². The van der Waals surface area contributed by atoms with Crippen LogP contribution in [0.15, 0.2) is 42.5 Å². The van der Waals surface area contributed by atoms with Crippen molar-refractivity contribution >= 4 is 23.2 Å². The van der Waals surface area contributed by atoms with Gasteiger partial charge in [0, 0.05) is 17.3 Å². The third-order valence-electron chi connectivity index (χ3n) is 4.31. The Morgan fingerprint density at radius 3 is 2.90 bits per heavy atom. The van der Waals surface area contributed by atoms with Gasteiger partial charge in [-0.3, -0.25) is 9.69 Å². The number of nitrogens with one attached hydrogen (secondary N) is 1. The third-order valence-corrected chi connectivity index (χ3v) is 4.55. The Morgan fingerprint density at radius 2 is 2.00 bits per heavy atom. The van der Waals surface area contributed by atoms with Crippen molar-refractivity contribution < 1.29 is 4.79 Å². The molecule has 0 fully saturated rings. The van der Waals surface area contributed by atoms with E-state index in [0.717, 1.165) is 24.2 Å². The molecule has 1 atom stereocenters. The van der Waals surface area contributed by atoms with E-state index in [2.05, 4.69) is 34.5 Å². The fraction of sp³-hybridized carbons (Fsp3) is 0.235. The van der Waals surface area contributed by atoms with Crippen molar-refractivity contribution in [2.45, 2.75) is 12.5 Å². The topological polar surface area (TPSA) is 32.3 Å². The molecular weight excluding hydrogens is 284 g/mol. The molecule has 0 saturated carbocycles. The average Bonchev–Trinajstić information content (AvgIpc) is 2.62. The number of carbonyl (C=O) groups is 1. The Hall–Kier alpha value is -1.84. The van der Waals surface area contributed by atoms with Crippen molar-refractivity contribution in [3.8, 4) is 0 Å². The molecule has 3 nitrogen and oxygen atoms in total. The number of carbonyl (C=O) groups excluding carboxylic acids is 1. The summed E-state index contributed by atoms with van der Waals surface area (Å²) in [6.45, 7) is 1.31. The van der Waals surface area contributed by atoms with E-state index in [1.807, 2.05) is 18.2 Å². The Balaban J connectivity index is 1.94. The maximum Gasteiger partial charge on any atom is 0.238 e. The Bertz CT molecular complexity index is 728. The molecule has 0 bridgehead atoms. The van der Waals surface area contributed by atoms with Gasteiger partial charge in [0.1, 0.15) is 0 Å². The van der Waals surface area contributed by atoms with Crippen LogP contribution in [0.2, 0.25) is 5.02 Å². The third kappa shape index (κ3) is 2.13. The van der Waals surface area contributed by atoms with Crippen molar-refractivity contribution in [1.82, 2.24) is 4.90 Å². The van der Waals surface area contributed by atoms with Gasteiger partial charge in [-0.1, -0.05) is 35.9 Å². The fourth-order valence-corrected chi connectivity index (χ4v) is 3.58. The van der Waals surface area contributed by atoms with Gasteiger partial charge in [0.05, 0.1) is 12.6 Å². The van der Waals surface area contributed by atoms with Gasteiger partial charge in [0.25, 0.3) is 0 Å². The summed E-state index contributed by atoms with van der Waals surface area (Å²) >= 11 is 6.19. The number of hydrogen-bond donors (Lipinski definition) is 1. The highest BCUT2D eigenvalue weighted by Crippen LogP contribution is 2.40. The number of halogens is 1. The molecule has 4 rings (SSSR count). The Labute approximate surface area is 128 Å². The summed E-state index contributed by atoms with van der Waals surface area (Å²) in [6, 6.07) is 14.3. The molecule has 2 aromatic rings. The molecule has 1 unspecified atom stereocenters. The van der Waals surface area contributed by atoms with E-state index in [-0.39, 0.29) is 11.9 Å². The van der Waals surface area contributed by atoms with Gasteiger partial charge in [0.15, 0.2) is 0 Å². The minimum Gasteiger partial charge on any atom is -0.325 e. The highest BCUT2D eigenvalue weighted by Gasteiger charge is 2.33. The maximum absolute atomic E-state index is 12.1. The molecule has 1 N–H and O–H groups in total. The molecule has 2 aliphatic heterocycles. The first-order valence-electron chi connectivity index (χ1n) is 7.13. The normalized spacial score (nSPS) is 20.8. The second-order valence-electron chi connectivity index (χ2n) is 5.60. The van der Waals surface area contributed by atoms with Crippen LogP contribution in [-0.4, -0.2) is 23.9 Å². The summed E-state index contributed by atoms with van der Waals surface area (Å²) in [4.78, 5) is 14.3. The maximum atomic E-state index is 12.1. The Morgan fingerprint density at radius 1 is 1.14 bits per heavy atom. The first-order valence-corrected chi connectivity index (χ1v) is 7.51. The van der Waals surface area contributed by atoms with E-state index in [0.29, 0.717) is 11.6 Å². The molecule has 2 heterocycles. The zero-order valence-electron chi connectivity index (χ0n) is 11.5. The largest absolute Gasteiger partial charge is 0.325 e. The van der Waals surface area contributed by atoms with Gasteiger partial charge in [-0.15, -0.1) is 0 Å². The molecule has 0 aliphatic carbocycles. The summed E-state index contributed by atoms with van der Waals surface area (Å²) in [6.07, 6.45) is 0.982. The van der Waals surface area contributed by atoms with E-state index in [4.69, 9.17) is 11.6 Å². The monoisotopic (exact) mass is 298 g/mol. The zero-order valence-corrected chi connectivity index (χ0v) is 12.2. The lowest BCUT2D eigenvalue weighted by Crippen LogP contribution is -2.38. The molecule has 4 heteroatoms. The first-order chi connectivity index (χ1) is 10.2. The van der Waals surface area contributed by atoms with Crippen LogP contribution in [0.4, 0.5) is 5.69 Å². The van der Waals surface area contributed by atoms with Crippen molar-refractivity contribution in [3.63, 3.8) is 0 Å². The Kier molecular flexibility index (Phi) is 2.98. The molecule has 2 aliphatic rings. The van der Waals surface area contributed by atoms with Crippen LogP contribution >= 0.6 is 11.6 Å². The van der Waals surface area contributed by atoms with E-state index in [9.17, 15) is 4.79 Å². The number of rotatable bonds is 0. The molecule has 2 aromatic carbocycles. The van der Waals surface area contributed by atoms with Crippen molar-refractivity contribution in [3.05, 3.63) is 64.2 Å². The van der Waals surface area contributed by atoms with Crippen LogP contribution in [0.1, 0.15) is 22.7 Å². The highest BCUT2D eigenvalue weighted by atomic mass is 35.5. The molecule has 0 saturated heterocycles. The molecule has 0 aromatic heterocycles. The highest BCUT2D eigenvalue weighted by molar-refractivity contribution is 6.30. The number of anilines is 1. The van der Waals surface area contributed by atoms with Gasteiger partial charge < -0.3 is 5.32 Å². The summed E-state index contributed by atoms with van der Waals surface area (Å²) in [5.41, 5.74) is 4.59. The van der Waals surface area contributed by atoms with E-state index in [1.165, 1.54) is 11.1 Å². The minimum atomic E-state index is 0.0421. The number of nitrogens with zero attached hydrogens (tertiary/aromatic N) is 1. The van der Waals surface area contributed by atoms with Crippen molar-refractivity contribution in [2.24, 2.45) is 0 Å². The molecular formula is C17H15ClN2O. The van der Waals surface area contributed by atoms with Crippen LogP contribution in [-0.2, 0) is 11.2 Å². The van der Waals surface area contributed by atoms with Crippen LogP contribution in [0.3, 0.4) is 0 Å². The predicted octanol–water partition coefficient (Wildman–Crippen LogP) is 3.24. The van der Waals surface area contributed by atoms with E-state index < -0.39 is 0 Å². The van der Waals surface area contributed by atoms with Crippen LogP contribution in [0, 0.1) is 0 Å². The summed E-state index contributed by atoms with van der Waals surface area (Å²) < 4.78 is 0. The fourth-order valence-electron chi connectivity index (χ4n) is 3.40. The molecule has 0 radical (unpaired) electrons. The number of benzene rings is 2. The molecule has 0 spiro atoms. The standard InChI is InChI=1S/C17H15ClN2O/c18-12-5-6-15-14(9-12)17-13-4-2-1-3-11(13)7-8-20(17)10-16(21)19-15/h1-6,9,17H,7-8,10H2,(H,19,21). The lowest BCUT2D eigenvalue weighted by Gasteiger charge is -2.36. The quantitative estimate of drug-likeness (QED) is 0.810. The first kappa shape index (κ1) is 12.9. The lowest BCUT2D eigenvalue weighted by atomic mass is 9.88. The number of hydrogen-bond acceptors (Lipinski definition) is 2. The molecule has 1 amide bonds. The zero-order chi connectivity index (χ0) is 14.4. The second kappa shape index (κ2) is 4.86. The van der Waals surface area contributed by atoms with Gasteiger partial charge in [0.2, 0.25) is 5.91 Å².